The number of hydrogen-bond donors (Lipinski definition) is 1. The summed E-state index contributed by atoms with van der Waals surface area (Å²) in [7, 11) is 0. The highest BCUT2D eigenvalue weighted by Crippen LogP contribution is 2.57. The van der Waals surface area contributed by atoms with Gasteiger partial charge in [-0.25, -0.2) is 0 Å². The van der Waals surface area contributed by atoms with Crippen LogP contribution in [0.15, 0.2) is 0 Å². The van der Waals surface area contributed by atoms with Gasteiger partial charge in [-0.15, -0.1) is 0 Å². The van der Waals surface area contributed by atoms with Crippen LogP contribution in [-0.2, 0) is 4.79 Å². The predicted octanol–water partition coefficient (Wildman–Crippen LogP) is 1.90. The van der Waals surface area contributed by atoms with Gasteiger partial charge in [0.25, 0.3) is 0 Å². The van der Waals surface area contributed by atoms with Crippen molar-refractivity contribution in [3.63, 3.8) is 0 Å². The summed E-state index contributed by atoms with van der Waals surface area (Å²) >= 11 is 0. The third-order valence-corrected chi connectivity index (χ3v) is 3.59. The highest BCUT2D eigenvalue weighted by Gasteiger charge is 2.51. The summed E-state index contributed by atoms with van der Waals surface area (Å²) in [6.45, 7) is 2.14. The molecule has 11 heavy (non-hydrogen) atoms. The van der Waals surface area contributed by atoms with Crippen LogP contribution in [0.25, 0.3) is 0 Å². The molecule has 0 aromatic rings. The number of rotatable bonds is 1. The van der Waals surface area contributed by atoms with E-state index in [1.165, 1.54) is 6.42 Å². The quantitative estimate of drug-likeness (QED) is 0.626. The van der Waals surface area contributed by atoms with Crippen LogP contribution in [0, 0.1) is 17.3 Å². The summed E-state index contributed by atoms with van der Waals surface area (Å²) in [5.41, 5.74) is 0.149. The summed E-state index contributed by atoms with van der Waals surface area (Å²) < 4.78 is 0. The Hall–Kier alpha value is -0.530. The lowest BCUT2D eigenvalue weighted by Crippen LogP contribution is -2.28. The van der Waals surface area contributed by atoms with Gasteiger partial charge in [-0.2, -0.15) is 0 Å². The second-order valence-electron chi connectivity index (χ2n) is 4.39. The summed E-state index contributed by atoms with van der Waals surface area (Å²) in [6, 6.07) is 0. The molecule has 3 atom stereocenters. The zero-order valence-electron chi connectivity index (χ0n) is 6.84. The van der Waals surface area contributed by atoms with Crippen LogP contribution < -0.4 is 0 Å². The van der Waals surface area contributed by atoms with Gasteiger partial charge >= 0.3 is 5.97 Å². The number of fused-ring (bicyclic) bond motifs is 2. The smallest absolute Gasteiger partial charge is 0.307 e. The first-order valence-electron chi connectivity index (χ1n) is 4.35. The molecule has 2 heteroatoms. The molecule has 0 aromatic heterocycles. The maximum Gasteiger partial charge on any atom is 0.307 e. The van der Waals surface area contributed by atoms with Crippen molar-refractivity contribution in [2.45, 2.75) is 32.6 Å². The topological polar surface area (TPSA) is 37.3 Å². The van der Waals surface area contributed by atoms with E-state index in [9.17, 15) is 4.79 Å². The molecule has 2 fully saturated rings. The van der Waals surface area contributed by atoms with Crippen molar-refractivity contribution in [1.29, 1.82) is 0 Å². The normalized spacial score (nSPS) is 48.1. The van der Waals surface area contributed by atoms with Gasteiger partial charge in [0.2, 0.25) is 0 Å². The fraction of sp³-hybridized carbons (Fsp3) is 0.889. The third-order valence-electron chi connectivity index (χ3n) is 3.59. The van der Waals surface area contributed by atoms with E-state index in [1.54, 1.807) is 0 Å². The molecule has 2 nitrogen and oxygen atoms in total. The average Bonchev–Trinajstić information content (AvgIpc) is 2.41. The Balaban J connectivity index is 2.21. The van der Waals surface area contributed by atoms with Crippen molar-refractivity contribution >= 4 is 5.97 Å². The van der Waals surface area contributed by atoms with E-state index in [1.807, 2.05) is 0 Å². The molecule has 0 aliphatic heterocycles. The minimum atomic E-state index is -0.574. The maximum atomic E-state index is 10.8. The van der Waals surface area contributed by atoms with Crippen LogP contribution in [0.5, 0.6) is 0 Å². The highest BCUT2D eigenvalue weighted by molar-refractivity contribution is 5.71. The number of carboxylic acid groups (broad SMARTS) is 1. The molecule has 0 amide bonds. The van der Waals surface area contributed by atoms with Crippen LogP contribution >= 0.6 is 0 Å². The molecule has 0 radical (unpaired) electrons. The van der Waals surface area contributed by atoms with Gasteiger partial charge in [0.1, 0.15) is 0 Å². The third kappa shape index (κ3) is 0.883. The summed E-state index contributed by atoms with van der Waals surface area (Å²) in [5, 5.41) is 8.90. The largest absolute Gasteiger partial charge is 0.481 e. The molecular weight excluding hydrogens is 140 g/mol. The Bertz CT molecular complexity index is 200. The first-order chi connectivity index (χ1) is 5.12. The van der Waals surface area contributed by atoms with E-state index in [-0.39, 0.29) is 11.3 Å². The van der Waals surface area contributed by atoms with E-state index < -0.39 is 5.97 Å². The van der Waals surface area contributed by atoms with E-state index in [0.717, 1.165) is 25.2 Å². The molecule has 0 saturated heterocycles. The monoisotopic (exact) mass is 154 g/mol. The van der Waals surface area contributed by atoms with Gasteiger partial charge in [-0.05, 0) is 37.0 Å². The van der Waals surface area contributed by atoms with Crippen LogP contribution in [0.2, 0.25) is 0 Å². The van der Waals surface area contributed by atoms with Gasteiger partial charge in [-0.3, -0.25) is 4.79 Å². The van der Waals surface area contributed by atoms with Crippen molar-refractivity contribution in [2.75, 3.05) is 0 Å². The molecule has 2 rings (SSSR count). The second kappa shape index (κ2) is 1.99. The Morgan fingerprint density at radius 3 is 2.64 bits per heavy atom. The zero-order chi connectivity index (χ0) is 8.06. The first-order valence-corrected chi connectivity index (χ1v) is 4.35. The molecular formula is C9H14O2. The summed E-state index contributed by atoms with van der Waals surface area (Å²) in [4.78, 5) is 10.8. The van der Waals surface area contributed by atoms with E-state index >= 15 is 0 Å². The van der Waals surface area contributed by atoms with E-state index in [0.29, 0.717) is 0 Å². The Kier molecular flexibility index (Phi) is 1.29. The number of hydrogen-bond acceptors (Lipinski definition) is 1. The summed E-state index contributed by atoms with van der Waals surface area (Å²) in [6.07, 6.45) is 4.49. The Morgan fingerprint density at radius 1 is 1.64 bits per heavy atom. The fourth-order valence-corrected chi connectivity index (χ4v) is 2.93. The number of aliphatic carboxylic acids is 1. The fourth-order valence-electron chi connectivity index (χ4n) is 2.93. The molecule has 2 saturated carbocycles. The lowest BCUT2D eigenvalue weighted by atomic mass is 9.77. The lowest BCUT2D eigenvalue weighted by molar-refractivity contribution is -0.145. The van der Waals surface area contributed by atoms with Crippen molar-refractivity contribution in [2.24, 2.45) is 17.3 Å². The standard InChI is InChI=1S/C9H14O2/c1-9-3-2-6(5-9)4-7(9)8(10)11/h6-7H,2-5H2,1H3,(H,10,11)/t6-,7+,9-/m0/s1. The molecule has 0 heterocycles. The highest BCUT2D eigenvalue weighted by atomic mass is 16.4. The maximum absolute atomic E-state index is 10.8. The number of carboxylic acids is 1. The predicted molar refractivity (Wildman–Crippen MR) is 41.2 cm³/mol. The van der Waals surface area contributed by atoms with Crippen molar-refractivity contribution in [1.82, 2.24) is 0 Å². The van der Waals surface area contributed by atoms with Gasteiger partial charge in [-0.1, -0.05) is 6.92 Å². The van der Waals surface area contributed by atoms with Gasteiger partial charge < -0.3 is 5.11 Å². The molecule has 2 bridgehead atoms. The minimum Gasteiger partial charge on any atom is -0.481 e. The Labute approximate surface area is 66.6 Å². The van der Waals surface area contributed by atoms with Crippen molar-refractivity contribution in [3.05, 3.63) is 0 Å². The SMILES string of the molecule is C[C@@]12CC[C@@H](C[C@@H]1C(=O)O)C2. The number of carbonyl (C=O) groups is 1. The molecule has 2 aliphatic rings. The first kappa shape index (κ1) is 7.14. The molecule has 0 spiro atoms. The molecule has 62 valence electrons. The van der Waals surface area contributed by atoms with E-state index in [4.69, 9.17) is 5.11 Å². The Morgan fingerprint density at radius 2 is 2.36 bits per heavy atom. The zero-order valence-corrected chi connectivity index (χ0v) is 6.84. The summed E-state index contributed by atoms with van der Waals surface area (Å²) in [5.74, 6) is 0.108. The molecule has 2 aliphatic carbocycles. The van der Waals surface area contributed by atoms with Crippen LogP contribution in [-0.4, -0.2) is 11.1 Å². The minimum absolute atomic E-state index is 0.0405. The van der Waals surface area contributed by atoms with Crippen LogP contribution in [0.1, 0.15) is 32.6 Å². The van der Waals surface area contributed by atoms with E-state index in [2.05, 4.69) is 6.92 Å². The average molecular weight is 154 g/mol. The molecule has 1 N–H and O–H groups in total. The van der Waals surface area contributed by atoms with Gasteiger partial charge in [0, 0.05) is 0 Å². The van der Waals surface area contributed by atoms with Crippen molar-refractivity contribution < 1.29 is 9.90 Å². The van der Waals surface area contributed by atoms with Crippen LogP contribution in [0.4, 0.5) is 0 Å². The lowest BCUT2D eigenvalue weighted by Gasteiger charge is -2.27. The molecule has 0 aromatic carbocycles. The van der Waals surface area contributed by atoms with Crippen LogP contribution in [0.3, 0.4) is 0 Å². The van der Waals surface area contributed by atoms with Crippen molar-refractivity contribution in [3.8, 4) is 0 Å². The second-order valence-corrected chi connectivity index (χ2v) is 4.39. The molecule has 0 unspecified atom stereocenters. The van der Waals surface area contributed by atoms with Gasteiger partial charge in [0.15, 0.2) is 0 Å². The van der Waals surface area contributed by atoms with Gasteiger partial charge in [0.05, 0.1) is 5.92 Å².